The van der Waals surface area contributed by atoms with Gasteiger partial charge in [0.25, 0.3) is 0 Å². The molecule has 2 rings (SSSR count). The second-order valence-electron chi connectivity index (χ2n) is 7.10. The van der Waals surface area contributed by atoms with Crippen LogP contribution in [0.3, 0.4) is 0 Å². The summed E-state index contributed by atoms with van der Waals surface area (Å²) in [6, 6.07) is 16.8. The highest BCUT2D eigenvalue weighted by atomic mass is 16.5. The van der Waals surface area contributed by atoms with E-state index in [0.29, 0.717) is 19.4 Å². The highest BCUT2D eigenvalue weighted by Gasteiger charge is 2.29. The normalized spacial score (nSPS) is 11.8. The molecule has 0 saturated carbocycles. The summed E-state index contributed by atoms with van der Waals surface area (Å²) in [7, 11) is 1.61. The molecule has 5 nitrogen and oxygen atoms in total. The summed E-state index contributed by atoms with van der Waals surface area (Å²) in [5, 5.41) is 2.97. The summed E-state index contributed by atoms with van der Waals surface area (Å²) in [6.45, 7) is 6.02. The first-order valence-corrected chi connectivity index (χ1v) is 9.71. The van der Waals surface area contributed by atoms with E-state index in [2.05, 4.69) is 5.32 Å². The molecule has 0 unspecified atom stereocenters. The first-order chi connectivity index (χ1) is 13.4. The van der Waals surface area contributed by atoms with Gasteiger partial charge in [-0.25, -0.2) is 0 Å². The van der Waals surface area contributed by atoms with E-state index in [0.717, 1.165) is 16.9 Å². The number of rotatable bonds is 9. The average molecular weight is 383 g/mol. The van der Waals surface area contributed by atoms with Gasteiger partial charge in [0.2, 0.25) is 11.8 Å². The Kier molecular flexibility index (Phi) is 8.05. The Hall–Kier alpha value is -2.82. The SMILES string of the molecule is CCC(=O)N(Cc1cccc(OC)c1)[C@@H](Cc1ccccc1)C(=O)NC(C)C. The van der Waals surface area contributed by atoms with Crippen LogP contribution in [-0.4, -0.2) is 35.9 Å². The van der Waals surface area contributed by atoms with Gasteiger partial charge in [0.1, 0.15) is 11.8 Å². The number of ether oxygens (including phenoxy) is 1. The van der Waals surface area contributed by atoms with Crippen molar-refractivity contribution in [1.29, 1.82) is 0 Å². The minimum Gasteiger partial charge on any atom is -0.497 e. The van der Waals surface area contributed by atoms with Crippen molar-refractivity contribution in [1.82, 2.24) is 10.2 Å². The number of nitrogens with zero attached hydrogens (tertiary/aromatic N) is 1. The van der Waals surface area contributed by atoms with Gasteiger partial charge < -0.3 is 15.0 Å². The Balaban J connectivity index is 2.36. The second-order valence-corrected chi connectivity index (χ2v) is 7.10. The van der Waals surface area contributed by atoms with Gasteiger partial charge in [0.05, 0.1) is 7.11 Å². The molecule has 28 heavy (non-hydrogen) atoms. The predicted molar refractivity (Wildman–Crippen MR) is 111 cm³/mol. The van der Waals surface area contributed by atoms with E-state index < -0.39 is 6.04 Å². The van der Waals surface area contributed by atoms with Crippen molar-refractivity contribution in [2.24, 2.45) is 0 Å². The number of methoxy groups -OCH3 is 1. The number of amides is 2. The monoisotopic (exact) mass is 382 g/mol. The maximum atomic E-state index is 13.0. The van der Waals surface area contributed by atoms with Crippen LogP contribution in [0, 0.1) is 0 Å². The van der Waals surface area contributed by atoms with Crippen molar-refractivity contribution >= 4 is 11.8 Å². The topological polar surface area (TPSA) is 58.6 Å². The first kappa shape index (κ1) is 21.5. The lowest BCUT2D eigenvalue weighted by Crippen LogP contribution is -2.51. The fourth-order valence-electron chi connectivity index (χ4n) is 3.11. The Morgan fingerprint density at radius 3 is 2.32 bits per heavy atom. The molecule has 1 N–H and O–H groups in total. The number of carbonyl (C=O) groups excluding carboxylic acids is 2. The molecule has 150 valence electrons. The van der Waals surface area contributed by atoms with Gasteiger partial charge >= 0.3 is 0 Å². The molecule has 0 spiro atoms. The molecule has 0 fully saturated rings. The van der Waals surface area contributed by atoms with Gasteiger partial charge in [-0.15, -0.1) is 0 Å². The van der Waals surface area contributed by atoms with Gasteiger partial charge in [-0.05, 0) is 37.1 Å². The molecule has 0 aliphatic rings. The molecule has 0 saturated heterocycles. The number of hydrogen-bond donors (Lipinski definition) is 1. The van der Waals surface area contributed by atoms with Crippen LogP contribution in [0.5, 0.6) is 5.75 Å². The second kappa shape index (κ2) is 10.5. The summed E-state index contributed by atoms with van der Waals surface area (Å²) in [4.78, 5) is 27.5. The largest absolute Gasteiger partial charge is 0.497 e. The number of nitrogens with one attached hydrogen (secondary N) is 1. The third-order valence-corrected chi connectivity index (χ3v) is 4.49. The van der Waals surface area contributed by atoms with Gasteiger partial charge in [0, 0.05) is 25.4 Å². The minimum atomic E-state index is -0.580. The Labute approximate surface area is 167 Å². The zero-order valence-electron chi connectivity index (χ0n) is 17.1. The van der Waals surface area contributed by atoms with Crippen molar-refractivity contribution in [3.05, 3.63) is 65.7 Å². The molecule has 2 amide bonds. The molecule has 0 radical (unpaired) electrons. The molecule has 5 heteroatoms. The molecular formula is C23H30N2O3. The van der Waals surface area contributed by atoms with Crippen LogP contribution in [0.1, 0.15) is 38.3 Å². The number of hydrogen-bond acceptors (Lipinski definition) is 3. The van der Waals surface area contributed by atoms with Crippen molar-refractivity contribution in [3.8, 4) is 5.75 Å². The van der Waals surface area contributed by atoms with E-state index in [9.17, 15) is 9.59 Å². The van der Waals surface area contributed by atoms with Crippen LogP contribution in [0.25, 0.3) is 0 Å². The van der Waals surface area contributed by atoms with E-state index in [1.807, 2.05) is 75.4 Å². The van der Waals surface area contributed by atoms with Crippen molar-refractivity contribution in [2.75, 3.05) is 7.11 Å². The fraction of sp³-hybridized carbons (Fsp3) is 0.391. The highest BCUT2D eigenvalue weighted by molar-refractivity contribution is 5.88. The summed E-state index contributed by atoms with van der Waals surface area (Å²) in [5.41, 5.74) is 1.95. The Morgan fingerprint density at radius 1 is 1.04 bits per heavy atom. The van der Waals surface area contributed by atoms with Gasteiger partial charge in [0.15, 0.2) is 0 Å². The molecule has 2 aromatic rings. The quantitative estimate of drug-likeness (QED) is 0.721. The smallest absolute Gasteiger partial charge is 0.243 e. The molecular weight excluding hydrogens is 352 g/mol. The molecule has 0 aliphatic carbocycles. The lowest BCUT2D eigenvalue weighted by atomic mass is 10.0. The fourth-order valence-corrected chi connectivity index (χ4v) is 3.11. The molecule has 0 bridgehead atoms. The maximum Gasteiger partial charge on any atom is 0.243 e. The molecule has 0 heterocycles. The lowest BCUT2D eigenvalue weighted by Gasteiger charge is -2.32. The van der Waals surface area contributed by atoms with E-state index in [4.69, 9.17) is 4.74 Å². The Bertz CT molecular complexity index is 774. The van der Waals surface area contributed by atoms with E-state index in [-0.39, 0.29) is 17.9 Å². The zero-order valence-corrected chi connectivity index (χ0v) is 17.1. The van der Waals surface area contributed by atoms with Crippen LogP contribution < -0.4 is 10.1 Å². The highest BCUT2D eigenvalue weighted by Crippen LogP contribution is 2.19. The van der Waals surface area contributed by atoms with Crippen LogP contribution in [0.2, 0.25) is 0 Å². The minimum absolute atomic E-state index is 0.00108. The lowest BCUT2D eigenvalue weighted by molar-refractivity contribution is -0.141. The molecule has 1 atom stereocenters. The maximum absolute atomic E-state index is 13.0. The summed E-state index contributed by atoms with van der Waals surface area (Å²) in [5.74, 6) is 0.541. The number of carbonyl (C=O) groups is 2. The predicted octanol–water partition coefficient (Wildman–Crippen LogP) is 3.57. The van der Waals surface area contributed by atoms with Crippen LogP contribution in [0.4, 0.5) is 0 Å². The number of benzene rings is 2. The standard InChI is InChI=1S/C23H30N2O3/c1-5-22(26)25(16-19-12-9-13-20(14-19)28-4)21(23(27)24-17(2)3)15-18-10-7-6-8-11-18/h6-14,17,21H,5,15-16H2,1-4H3,(H,24,27)/t21-/m0/s1. The van der Waals surface area contributed by atoms with Crippen molar-refractivity contribution < 1.29 is 14.3 Å². The van der Waals surface area contributed by atoms with E-state index in [1.165, 1.54) is 0 Å². The first-order valence-electron chi connectivity index (χ1n) is 9.71. The summed E-state index contributed by atoms with van der Waals surface area (Å²) < 4.78 is 5.30. The average Bonchev–Trinajstić information content (AvgIpc) is 2.70. The van der Waals surface area contributed by atoms with Gasteiger partial charge in [-0.3, -0.25) is 9.59 Å². The van der Waals surface area contributed by atoms with Crippen LogP contribution in [-0.2, 0) is 22.6 Å². The summed E-state index contributed by atoms with van der Waals surface area (Å²) in [6.07, 6.45) is 0.805. The van der Waals surface area contributed by atoms with E-state index in [1.54, 1.807) is 12.0 Å². The van der Waals surface area contributed by atoms with Gasteiger partial charge in [-0.2, -0.15) is 0 Å². The van der Waals surface area contributed by atoms with Crippen LogP contribution in [0.15, 0.2) is 54.6 Å². The Morgan fingerprint density at radius 2 is 1.71 bits per heavy atom. The summed E-state index contributed by atoms with van der Waals surface area (Å²) >= 11 is 0. The third-order valence-electron chi connectivity index (χ3n) is 4.49. The zero-order chi connectivity index (χ0) is 20.5. The van der Waals surface area contributed by atoms with E-state index >= 15 is 0 Å². The van der Waals surface area contributed by atoms with Crippen molar-refractivity contribution in [3.63, 3.8) is 0 Å². The molecule has 0 aromatic heterocycles. The molecule has 2 aromatic carbocycles. The van der Waals surface area contributed by atoms with Crippen molar-refractivity contribution in [2.45, 2.75) is 52.2 Å². The molecule has 0 aliphatic heterocycles. The van der Waals surface area contributed by atoms with Crippen LogP contribution >= 0.6 is 0 Å². The van der Waals surface area contributed by atoms with Gasteiger partial charge in [-0.1, -0.05) is 49.4 Å². The third kappa shape index (κ3) is 6.12.